The van der Waals surface area contributed by atoms with Crippen LogP contribution in [0.5, 0.6) is 0 Å². The van der Waals surface area contributed by atoms with Crippen molar-refractivity contribution in [3.63, 3.8) is 0 Å². The quantitative estimate of drug-likeness (QED) is 0.560. The molecule has 3 rings (SSSR count). The third-order valence-corrected chi connectivity index (χ3v) is 3.96. The zero-order chi connectivity index (χ0) is 16.9. The fourth-order valence-electron chi connectivity index (χ4n) is 2.29. The first-order chi connectivity index (χ1) is 11.6. The predicted octanol–water partition coefficient (Wildman–Crippen LogP) is 4.28. The van der Waals surface area contributed by atoms with Gasteiger partial charge < -0.3 is 4.57 Å². The van der Waals surface area contributed by atoms with E-state index in [1.807, 2.05) is 60.3 Å². The SMILES string of the molecule is C/C(=N\NC(=O)c1ccccc1Cl)c1ccc(-n2cccc2)cc1. The summed E-state index contributed by atoms with van der Waals surface area (Å²) in [5.41, 5.74) is 5.66. The number of nitrogens with one attached hydrogen (secondary N) is 1. The van der Waals surface area contributed by atoms with Gasteiger partial charge in [-0.15, -0.1) is 0 Å². The Morgan fingerprint density at radius 1 is 1.00 bits per heavy atom. The molecule has 120 valence electrons. The number of benzene rings is 2. The summed E-state index contributed by atoms with van der Waals surface area (Å²) in [4.78, 5) is 12.1. The number of hydrogen-bond acceptors (Lipinski definition) is 2. The van der Waals surface area contributed by atoms with E-state index in [9.17, 15) is 4.79 Å². The molecule has 1 aromatic heterocycles. The number of hydrogen-bond donors (Lipinski definition) is 1. The lowest BCUT2D eigenvalue weighted by Gasteiger charge is -2.06. The van der Waals surface area contributed by atoms with Gasteiger partial charge in [-0.3, -0.25) is 4.79 Å². The van der Waals surface area contributed by atoms with E-state index in [2.05, 4.69) is 10.5 Å². The Morgan fingerprint density at radius 3 is 2.33 bits per heavy atom. The van der Waals surface area contributed by atoms with Crippen LogP contribution in [-0.4, -0.2) is 16.2 Å². The Labute approximate surface area is 145 Å². The molecule has 0 atom stereocenters. The number of rotatable bonds is 4. The van der Waals surface area contributed by atoms with E-state index in [0.29, 0.717) is 10.6 Å². The Morgan fingerprint density at radius 2 is 1.67 bits per heavy atom. The van der Waals surface area contributed by atoms with E-state index in [0.717, 1.165) is 17.0 Å². The fraction of sp³-hybridized carbons (Fsp3) is 0.0526. The molecule has 5 heteroatoms. The number of nitrogens with zero attached hydrogens (tertiary/aromatic N) is 2. The van der Waals surface area contributed by atoms with Crippen LogP contribution < -0.4 is 5.43 Å². The summed E-state index contributed by atoms with van der Waals surface area (Å²) in [6.07, 6.45) is 3.97. The highest BCUT2D eigenvalue weighted by molar-refractivity contribution is 6.33. The van der Waals surface area contributed by atoms with Crippen LogP contribution in [0.3, 0.4) is 0 Å². The minimum absolute atomic E-state index is 0.330. The van der Waals surface area contributed by atoms with Gasteiger partial charge in [0.2, 0.25) is 0 Å². The molecule has 1 heterocycles. The number of carbonyl (C=O) groups excluding carboxylic acids is 1. The molecule has 0 aliphatic heterocycles. The van der Waals surface area contributed by atoms with Crippen molar-refractivity contribution in [2.45, 2.75) is 6.92 Å². The lowest BCUT2D eigenvalue weighted by atomic mass is 10.1. The van der Waals surface area contributed by atoms with Gasteiger partial charge in [0.05, 0.1) is 16.3 Å². The van der Waals surface area contributed by atoms with E-state index in [4.69, 9.17) is 11.6 Å². The van der Waals surface area contributed by atoms with Gasteiger partial charge in [-0.1, -0.05) is 35.9 Å². The molecule has 0 spiro atoms. The third kappa shape index (κ3) is 3.55. The highest BCUT2D eigenvalue weighted by Crippen LogP contribution is 2.15. The molecule has 24 heavy (non-hydrogen) atoms. The molecule has 1 amide bonds. The van der Waals surface area contributed by atoms with Gasteiger partial charge in [0.25, 0.3) is 5.91 Å². The summed E-state index contributed by atoms with van der Waals surface area (Å²) in [5, 5.41) is 4.56. The van der Waals surface area contributed by atoms with Crippen molar-refractivity contribution in [2.24, 2.45) is 5.10 Å². The number of carbonyl (C=O) groups is 1. The third-order valence-electron chi connectivity index (χ3n) is 3.63. The molecule has 1 N–H and O–H groups in total. The van der Waals surface area contributed by atoms with E-state index in [-0.39, 0.29) is 5.91 Å². The molecule has 4 nitrogen and oxygen atoms in total. The van der Waals surface area contributed by atoms with Gasteiger partial charge in [-0.25, -0.2) is 5.43 Å². The summed E-state index contributed by atoms with van der Waals surface area (Å²) in [7, 11) is 0. The molecule has 3 aromatic rings. The second-order valence-electron chi connectivity index (χ2n) is 5.26. The van der Waals surface area contributed by atoms with Crippen molar-refractivity contribution in [1.29, 1.82) is 0 Å². The molecule has 0 radical (unpaired) electrons. The summed E-state index contributed by atoms with van der Waals surface area (Å²) in [5.74, 6) is -0.330. The molecule has 0 bridgehead atoms. The molecule has 0 saturated carbocycles. The second kappa shape index (κ2) is 7.15. The average molecular weight is 338 g/mol. The Balaban J connectivity index is 1.72. The lowest BCUT2D eigenvalue weighted by molar-refractivity contribution is 0.0955. The number of halogens is 1. The maximum atomic E-state index is 12.1. The van der Waals surface area contributed by atoms with Gasteiger partial charge >= 0.3 is 0 Å². The van der Waals surface area contributed by atoms with Crippen molar-refractivity contribution in [3.05, 3.63) is 89.2 Å². The standard InChI is InChI=1S/C19H16ClN3O/c1-14(21-22-19(24)17-6-2-3-7-18(17)20)15-8-10-16(11-9-15)23-12-4-5-13-23/h2-13H,1H3,(H,22,24)/b21-14+. The first kappa shape index (κ1) is 16.0. The lowest BCUT2D eigenvalue weighted by Crippen LogP contribution is -2.19. The molecule has 0 unspecified atom stereocenters. The Kier molecular flexibility index (Phi) is 4.77. The monoisotopic (exact) mass is 337 g/mol. The largest absolute Gasteiger partial charge is 0.324 e. The van der Waals surface area contributed by atoms with E-state index in [1.54, 1.807) is 24.3 Å². The number of aromatic nitrogens is 1. The highest BCUT2D eigenvalue weighted by atomic mass is 35.5. The maximum Gasteiger partial charge on any atom is 0.272 e. The van der Waals surface area contributed by atoms with Crippen molar-refractivity contribution < 1.29 is 4.79 Å². The van der Waals surface area contributed by atoms with Crippen molar-refractivity contribution >= 4 is 23.2 Å². The summed E-state index contributed by atoms with van der Waals surface area (Å²) >= 11 is 6.01. The van der Waals surface area contributed by atoms with Crippen LogP contribution in [-0.2, 0) is 0 Å². The minimum Gasteiger partial charge on any atom is -0.324 e. The van der Waals surface area contributed by atoms with Crippen LogP contribution in [0.1, 0.15) is 22.8 Å². The minimum atomic E-state index is -0.330. The molecule has 0 fully saturated rings. The Hall–Kier alpha value is -2.85. The summed E-state index contributed by atoms with van der Waals surface area (Å²) < 4.78 is 2.02. The van der Waals surface area contributed by atoms with Gasteiger partial charge in [0.15, 0.2) is 0 Å². The van der Waals surface area contributed by atoms with Crippen molar-refractivity contribution in [1.82, 2.24) is 9.99 Å². The van der Waals surface area contributed by atoms with E-state index in [1.165, 1.54) is 0 Å². The summed E-state index contributed by atoms with van der Waals surface area (Å²) in [6.45, 7) is 1.84. The molecule has 0 aliphatic carbocycles. The zero-order valence-electron chi connectivity index (χ0n) is 13.1. The van der Waals surface area contributed by atoms with Crippen LogP contribution in [0.15, 0.2) is 78.2 Å². The molecular weight excluding hydrogens is 322 g/mol. The van der Waals surface area contributed by atoms with Crippen LogP contribution in [0.2, 0.25) is 5.02 Å². The number of hydrazone groups is 1. The van der Waals surface area contributed by atoms with Gasteiger partial charge in [0, 0.05) is 18.1 Å². The molecule has 0 aliphatic rings. The summed E-state index contributed by atoms with van der Waals surface area (Å²) in [6, 6.07) is 18.8. The van der Waals surface area contributed by atoms with Crippen molar-refractivity contribution in [3.8, 4) is 5.69 Å². The first-order valence-electron chi connectivity index (χ1n) is 7.48. The molecule has 0 saturated heterocycles. The van der Waals surface area contributed by atoms with Crippen LogP contribution in [0.25, 0.3) is 5.69 Å². The van der Waals surface area contributed by atoms with E-state index >= 15 is 0 Å². The Bertz CT molecular complexity index is 868. The maximum absolute atomic E-state index is 12.1. The average Bonchev–Trinajstić information content (AvgIpc) is 3.14. The van der Waals surface area contributed by atoms with Gasteiger partial charge in [0.1, 0.15) is 0 Å². The van der Waals surface area contributed by atoms with Gasteiger partial charge in [-0.05, 0) is 48.9 Å². The van der Waals surface area contributed by atoms with Crippen LogP contribution in [0, 0.1) is 0 Å². The fourth-order valence-corrected chi connectivity index (χ4v) is 2.51. The molecule has 2 aromatic carbocycles. The molecular formula is C19H16ClN3O. The smallest absolute Gasteiger partial charge is 0.272 e. The van der Waals surface area contributed by atoms with Crippen LogP contribution >= 0.6 is 11.6 Å². The normalized spacial score (nSPS) is 11.3. The van der Waals surface area contributed by atoms with Crippen molar-refractivity contribution in [2.75, 3.05) is 0 Å². The van der Waals surface area contributed by atoms with Crippen LogP contribution in [0.4, 0.5) is 0 Å². The number of amides is 1. The van der Waals surface area contributed by atoms with Gasteiger partial charge in [-0.2, -0.15) is 5.10 Å². The topological polar surface area (TPSA) is 46.4 Å². The first-order valence-corrected chi connectivity index (χ1v) is 7.86. The predicted molar refractivity (Wildman–Crippen MR) is 96.9 cm³/mol. The second-order valence-corrected chi connectivity index (χ2v) is 5.66. The zero-order valence-corrected chi connectivity index (χ0v) is 13.9. The highest BCUT2D eigenvalue weighted by Gasteiger charge is 2.08. The van der Waals surface area contributed by atoms with E-state index < -0.39 is 0 Å².